The number of nitrogens with two attached hydrogens (primary N) is 2. The lowest BCUT2D eigenvalue weighted by molar-refractivity contribution is -0.139. The van der Waals surface area contributed by atoms with Gasteiger partial charge in [0.05, 0.1) is 0 Å². The highest BCUT2D eigenvalue weighted by atomic mass is 16.4. The Hall–Kier alpha value is -2.99. The number of fused-ring (bicyclic) bond motifs is 1. The van der Waals surface area contributed by atoms with Gasteiger partial charge in [-0.05, 0) is 19.4 Å². The average Bonchev–Trinajstić information content (AvgIpc) is 2.61. The van der Waals surface area contributed by atoms with E-state index in [2.05, 4.69) is 25.6 Å². The van der Waals surface area contributed by atoms with Crippen LogP contribution in [0.1, 0.15) is 19.3 Å². The zero-order valence-corrected chi connectivity index (χ0v) is 15.0. The van der Waals surface area contributed by atoms with Crippen molar-refractivity contribution in [2.45, 2.75) is 31.8 Å². The van der Waals surface area contributed by atoms with Crippen molar-refractivity contribution in [1.82, 2.24) is 24.8 Å². The van der Waals surface area contributed by atoms with Crippen molar-refractivity contribution in [2.24, 2.45) is 5.73 Å². The second kappa shape index (κ2) is 9.09. The zero-order valence-electron chi connectivity index (χ0n) is 15.0. The molecule has 0 aliphatic carbocycles. The van der Waals surface area contributed by atoms with E-state index in [0.29, 0.717) is 19.4 Å². The molecule has 0 unspecified atom stereocenters. The summed E-state index contributed by atoms with van der Waals surface area (Å²) in [7, 11) is 1.57. The van der Waals surface area contributed by atoms with Crippen LogP contribution in [0, 0.1) is 0 Å². The Morgan fingerprint density at radius 1 is 1.33 bits per heavy atom. The van der Waals surface area contributed by atoms with Crippen LogP contribution in [0.4, 0.5) is 11.8 Å². The highest BCUT2D eigenvalue weighted by Gasteiger charge is 2.18. The molecule has 0 saturated heterocycles. The minimum absolute atomic E-state index is 0.00586. The number of nitrogens with zero attached hydrogens (tertiary/aromatic N) is 3. The fraction of sp³-hybridized carbons (Fsp3) is 0.533. The number of anilines is 2. The van der Waals surface area contributed by atoms with Gasteiger partial charge in [-0.3, -0.25) is 19.1 Å². The molecule has 0 amide bonds. The van der Waals surface area contributed by atoms with Gasteiger partial charge in [-0.1, -0.05) is 6.42 Å². The summed E-state index contributed by atoms with van der Waals surface area (Å²) < 4.78 is 1.19. The number of aromatic amines is 1. The van der Waals surface area contributed by atoms with Crippen molar-refractivity contribution >= 4 is 28.8 Å². The van der Waals surface area contributed by atoms with Gasteiger partial charge in [-0.15, -0.1) is 0 Å². The van der Waals surface area contributed by atoms with Gasteiger partial charge in [0.1, 0.15) is 17.2 Å². The van der Waals surface area contributed by atoms with Gasteiger partial charge < -0.3 is 27.2 Å². The number of rotatable bonds is 10. The molecule has 8 N–H and O–H groups in total. The first kappa shape index (κ1) is 20.3. The maximum atomic E-state index is 12.2. The molecule has 148 valence electrons. The summed E-state index contributed by atoms with van der Waals surface area (Å²) in [5.41, 5.74) is 10.0. The Kier molecular flexibility index (Phi) is 6.85. The molecule has 0 spiro atoms. The summed E-state index contributed by atoms with van der Waals surface area (Å²) in [5.74, 6) is -1.02. The van der Waals surface area contributed by atoms with E-state index in [-0.39, 0.29) is 35.9 Å². The third kappa shape index (κ3) is 4.80. The average molecular weight is 380 g/mol. The molecule has 2 rings (SSSR count). The topological polar surface area (TPSA) is 194 Å². The molecule has 0 fully saturated rings. The third-order valence-electron chi connectivity index (χ3n) is 4.07. The minimum Gasteiger partial charge on any atom is -0.480 e. The first-order valence-corrected chi connectivity index (χ1v) is 8.53. The number of aromatic nitrogens is 4. The van der Waals surface area contributed by atoms with Gasteiger partial charge in [0.25, 0.3) is 5.56 Å². The van der Waals surface area contributed by atoms with Crippen LogP contribution in [-0.4, -0.2) is 56.8 Å². The number of hydrogen-bond acceptors (Lipinski definition) is 9. The smallest absolute Gasteiger partial charge is 0.351 e. The highest BCUT2D eigenvalue weighted by molar-refractivity contribution is 5.85. The van der Waals surface area contributed by atoms with Crippen LogP contribution in [0.25, 0.3) is 11.0 Å². The van der Waals surface area contributed by atoms with Crippen molar-refractivity contribution in [3.63, 3.8) is 0 Å². The predicted molar refractivity (Wildman–Crippen MR) is 101 cm³/mol. The number of unbranched alkanes of at least 4 members (excludes halogenated alkanes) is 1. The third-order valence-corrected chi connectivity index (χ3v) is 4.07. The lowest BCUT2D eigenvalue weighted by Crippen LogP contribution is -2.40. The Balaban J connectivity index is 2.25. The van der Waals surface area contributed by atoms with E-state index in [9.17, 15) is 19.5 Å². The van der Waals surface area contributed by atoms with Crippen LogP contribution in [0.3, 0.4) is 0 Å². The van der Waals surface area contributed by atoms with E-state index in [1.165, 1.54) is 4.57 Å². The van der Waals surface area contributed by atoms with E-state index in [1.54, 1.807) is 7.05 Å². The first-order chi connectivity index (χ1) is 12.9. The SMILES string of the molecule is CNc1nc2c(c(N)nc(=O)n2CCN[C@H](CCCCN)C(=O)O)c(=O)[nH]1. The summed E-state index contributed by atoms with van der Waals surface area (Å²) in [6.07, 6.45) is 1.83. The van der Waals surface area contributed by atoms with Crippen molar-refractivity contribution in [1.29, 1.82) is 0 Å². The van der Waals surface area contributed by atoms with Crippen molar-refractivity contribution in [3.05, 3.63) is 20.8 Å². The molecule has 2 aromatic heterocycles. The monoisotopic (exact) mass is 380 g/mol. The predicted octanol–water partition coefficient (Wildman–Crippen LogP) is -1.72. The molecular weight excluding hydrogens is 356 g/mol. The van der Waals surface area contributed by atoms with Crippen LogP contribution in [-0.2, 0) is 11.3 Å². The van der Waals surface area contributed by atoms with Gasteiger partial charge in [0.15, 0.2) is 5.65 Å². The van der Waals surface area contributed by atoms with Gasteiger partial charge >= 0.3 is 11.7 Å². The molecule has 0 aromatic carbocycles. The molecule has 12 heteroatoms. The van der Waals surface area contributed by atoms with Crippen molar-refractivity contribution in [2.75, 3.05) is 31.2 Å². The summed E-state index contributed by atoms with van der Waals surface area (Å²) in [4.78, 5) is 46.1. The molecule has 0 aliphatic heterocycles. The van der Waals surface area contributed by atoms with Gasteiger partial charge in [0.2, 0.25) is 5.95 Å². The lowest BCUT2D eigenvalue weighted by atomic mass is 10.1. The van der Waals surface area contributed by atoms with E-state index in [0.717, 1.165) is 6.42 Å². The number of hydrogen-bond donors (Lipinski definition) is 6. The number of aliphatic carboxylic acids is 1. The highest BCUT2D eigenvalue weighted by Crippen LogP contribution is 2.11. The molecular formula is C15H24N8O4. The van der Waals surface area contributed by atoms with E-state index >= 15 is 0 Å². The van der Waals surface area contributed by atoms with Gasteiger partial charge in [-0.25, -0.2) is 4.79 Å². The number of nitrogens with one attached hydrogen (secondary N) is 3. The second-order valence-corrected chi connectivity index (χ2v) is 5.92. The van der Waals surface area contributed by atoms with E-state index < -0.39 is 23.3 Å². The molecule has 1 atom stereocenters. The quantitative estimate of drug-likeness (QED) is 0.258. The zero-order chi connectivity index (χ0) is 20.0. The molecule has 12 nitrogen and oxygen atoms in total. The van der Waals surface area contributed by atoms with Crippen LogP contribution in [0.2, 0.25) is 0 Å². The fourth-order valence-corrected chi connectivity index (χ4v) is 2.67. The van der Waals surface area contributed by atoms with E-state index in [4.69, 9.17) is 11.5 Å². The largest absolute Gasteiger partial charge is 0.480 e. The number of nitrogen functional groups attached to an aromatic ring is 1. The van der Waals surface area contributed by atoms with Crippen LogP contribution >= 0.6 is 0 Å². The van der Waals surface area contributed by atoms with Crippen molar-refractivity contribution < 1.29 is 9.90 Å². The molecule has 0 bridgehead atoms. The maximum Gasteiger partial charge on any atom is 0.351 e. The van der Waals surface area contributed by atoms with Gasteiger partial charge in [0, 0.05) is 20.1 Å². The molecule has 27 heavy (non-hydrogen) atoms. The Bertz CT molecular complexity index is 922. The summed E-state index contributed by atoms with van der Waals surface area (Å²) in [6, 6.07) is -0.760. The molecule has 0 radical (unpaired) electrons. The Labute approximate surface area is 154 Å². The van der Waals surface area contributed by atoms with Gasteiger partial charge in [-0.2, -0.15) is 9.97 Å². The Morgan fingerprint density at radius 3 is 2.70 bits per heavy atom. The number of carboxylic acid groups (broad SMARTS) is 1. The van der Waals surface area contributed by atoms with E-state index in [1.807, 2.05) is 0 Å². The summed E-state index contributed by atoms with van der Waals surface area (Å²) in [6.45, 7) is 0.741. The second-order valence-electron chi connectivity index (χ2n) is 5.92. The number of H-pyrrole nitrogens is 1. The normalized spacial score (nSPS) is 12.2. The minimum atomic E-state index is -0.980. The number of carbonyl (C=O) groups is 1. The molecule has 0 saturated carbocycles. The number of carboxylic acids is 1. The van der Waals surface area contributed by atoms with Crippen molar-refractivity contribution in [3.8, 4) is 0 Å². The summed E-state index contributed by atoms with van der Waals surface area (Å²) >= 11 is 0. The standard InChI is InChI=1S/C15H24N8O4/c1-18-14-21-11-9(12(24)22-14)10(17)20-15(27)23(11)7-6-19-8(13(25)26)4-2-3-5-16/h8,19H,2-7,16H2,1H3,(H,25,26)(H2,17,20,27)(H2,18,21,22,24)/t8-/m1/s1. The van der Waals surface area contributed by atoms with Crippen LogP contribution < -0.4 is 33.3 Å². The maximum absolute atomic E-state index is 12.2. The summed E-state index contributed by atoms with van der Waals surface area (Å²) in [5, 5.41) is 14.9. The fourth-order valence-electron chi connectivity index (χ4n) is 2.67. The first-order valence-electron chi connectivity index (χ1n) is 8.53. The lowest BCUT2D eigenvalue weighted by Gasteiger charge is -2.15. The van der Waals surface area contributed by atoms with Crippen LogP contribution in [0.15, 0.2) is 9.59 Å². The molecule has 0 aliphatic rings. The Morgan fingerprint density at radius 2 is 2.07 bits per heavy atom. The molecule has 2 aromatic rings. The molecule has 2 heterocycles. The van der Waals surface area contributed by atoms with Crippen LogP contribution in [0.5, 0.6) is 0 Å².